The molecule has 0 aromatic carbocycles. The lowest BCUT2D eigenvalue weighted by Crippen LogP contribution is -2.40. The fourth-order valence-electron chi connectivity index (χ4n) is 6.32. The van der Waals surface area contributed by atoms with Gasteiger partial charge < -0.3 is 40.9 Å². The molecule has 0 aromatic rings. The van der Waals surface area contributed by atoms with Gasteiger partial charge in [-0.15, -0.1) is 19.7 Å². The Hall–Kier alpha value is -0.489. The van der Waals surface area contributed by atoms with Crippen molar-refractivity contribution in [2.75, 3.05) is 42.7 Å². The lowest BCUT2D eigenvalue weighted by atomic mass is 9.77. The quantitative estimate of drug-likeness (QED) is 0.0549. The molecule has 6 atom stereocenters. The van der Waals surface area contributed by atoms with Gasteiger partial charge in [0.25, 0.3) is 0 Å². The Bertz CT molecular complexity index is 791. The summed E-state index contributed by atoms with van der Waals surface area (Å²) in [4.78, 5) is 32.2. The summed E-state index contributed by atoms with van der Waals surface area (Å²) in [5, 5.41) is 0. The molecule has 266 valence electrons. The first-order chi connectivity index (χ1) is 21.3. The molecular weight excluding hydrogens is 625 g/mol. The molecule has 45 heavy (non-hydrogen) atoms. The standard InChI is InChI=1S/C33H68O9Si3/c1-12-28(13-2)23-32(18-21-44(35,39-8)40-9)26-31(16-5)27-33(19-22-45(36,41-10)42-11)25-30(15-4)24-29(14-3)17-20-43(34,37-6)38-7/h12,15-16,28-36H,1,4-5,13-14,17-27H2,2-3,6-11H3. The number of rotatable bonds is 30. The van der Waals surface area contributed by atoms with Crippen LogP contribution in [0.25, 0.3) is 0 Å². The van der Waals surface area contributed by atoms with Crippen molar-refractivity contribution in [1.29, 1.82) is 0 Å². The summed E-state index contributed by atoms with van der Waals surface area (Å²) in [5.41, 5.74) is 0. The molecule has 0 amide bonds. The van der Waals surface area contributed by atoms with E-state index < -0.39 is 26.4 Å². The smallest absolute Gasteiger partial charge is 0.390 e. The zero-order chi connectivity index (χ0) is 34.5. The third kappa shape index (κ3) is 17.5. The maximum Gasteiger partial charge on any atom is 0.497 e. The Labute approximate surface area is 279 Å². The lowest BCUT2D eigenvalue weighted by Gasteiger charge is -2.31. The molecule has 9 nitrogen and oxygen atoms in total. The highest BCUT2D eigenvalue weighted by molar-refractivity contribution is 6.59. The van der Waals surface area contributed by atoms with Gasteiger partial charge in [0.2, 0.25) is 0 Å². The average molecular weight is 693 g/mol. The Morgan fingerprint density at radius 1 is 0.467 bits per heavy atom. The van der Waals surface area contributed by atoms with Crippen molar-refractivity contribution < 1.29 is 40.9 Å². The van der Waals surface area contributed by atoms with Crippen molar-refractivity contribution in [3.8, 4) is 0 Å². The van der Waals surface area contributed by atoms with Gasteiger partial charge in [0.15, 0.2) is 0 Å². The first kappa shape index (κ1) is 44.5. The Kier molecular flexibility index (Phi) is 23.5. The fourth-order valence-corrected chi connectivity index (χ4v) is 10.4. The molecule has 0 heterocycles. The maximum absolute atomic E-state index is 10.9. The van der Waals surface area contributed by atoms with E-state index in [-0.39, 0.29) is 17.8 Å². The number of allylic oxidation sites excluding steroid dienone is 3. The van der Waals surface area contributed by atoms with Crippen molar-refractivity contribution in [2.45, 2.75) is 96.2 Å². The van der Waals surface area contributed by atoms with E-state index in [1.54, 1.807) is 0 Å². The first-order valence-corrected chi connectivity index (χ1v) is 22.6. The summed E-state index contributed by atoms with van der Waals surface area (Å²) >= 11 is 0. The molecule has 0 rings (SSSR count). The molecular formula is C33H68O9Si3. The van der Waals surface area contributed by atoms with Crippen molar-refractivity contribution in [3.63, 3.8) is 0 Å². The van der Waals surface area contributed by atoms with E-state index in [9.17, 15) is 14.4 Å². The fraction of sp³-hybridized carbons (Fsp3) is 0.818. The molecule has 0 bridgehead atoms. The summed E-state index contributed by atoms with van der Waals surface area (Å²) in [7, 11) is -0.456. The molecule has 0 aliphatic rings. The minimum atomic E-state index is -3.23. The summed E-state index contributed by atoms with van der Waals surface area (Å²) in [6.45, 7) is 16.8. The molecule has 0 aliphatic carbocycles. The normalized spacial score (nSPS) is 16.9. The molecule has 12 heteroatoms. The zero-order valence-corrected chi connectivity index (χ0v) is 32.8. The predicted molar refractivity (Wildman–Crippen MR) is 189 cm³/mol. The molecule has 0 fully saturated rings. The third-order valence-electron chi connectivity index (χ3n) is 9.80. The minimum absolute atomic E-state index is 0.249. The van der Waals surface area contributed by atoms with Crippen LogP contribution in [0, 0.1) is 35.5 Å². The van der Waals surface area contributed by atoms with Gasteiger partial charge in [-0.05, 0) is 93.3 Å². The van der Waals surface area contributed by atoms with Crippen LogP contribution in [-0.4, -0.2) is 83.5 Å². The van der Waals surface area contributed by atoms with Crippen molar-refractivity contribution >= 4 is 26.4 Å². The van der Waals surface area contributed by atoms with Crippen LogP contribution in [-0.2, 0) is 26.6 Å². The first-order valence-electron chi connectivity index (χ1n) is 16.7. The van der Waals surface area contributed by atoms with Gasteiger partial charge in [-0.1, -0.05) is 38.5 Å². The molecule has 0 radical (unpaired) electrons. The summed E-state index contributed by atoms with van der Waals surface area (Å²) < 4.78 is 32.2. The Morgan fingerprint density at radius 2 is 0.733 bits per heavy atom. The summed E-state index contributed by atoms with van der Waals surface area (Å²) in [6, 6.07) is 1.51. The summed E-state index contributed by atoms with van der Waals surface area (Å²) in [6.07, 6.45) is 15.3. The van der Waals surface area contributed by atoms with E-state index >= 15 is 0 Å². The molecule has 3 N–H and O–H groups in total. The van der Waals surface area contributed by atoms with E-state index in [1.165, 1.54) is 42.7 Å². The minimum Gasteiger partial charge on any atom is -0.390 e. The molecule has 0 saturated heterocycles. The molecule has 0 spiro atoms. The van der Waals surface area contributed by atoms with E-state index in [1.807, 2.05) is 6.08 Å². The van der Waals surface area contributed by atoms with E-state index in [2.05, 4.69) is 45.7 Å². The molecule has 0 aromatic heterocycles. The van der Waals surface area contributed by atoms with Crippen LogP contribution in [0.15, 0.2) is 38.0 Å². The van der Waals surface area contributed by atoms with Gasteiger partial charge in [-0.2, -0.15) is 0 Å². The van der Waals surface area contributed by atoms with Crippen molar-refractivity contribution in [3.05, 3.63) is 38.0 Å². The van der Waals surface area contributed by atoms with Crippen LogP contribution in [0.3, 0.4) is 0 Å². The SMILES string of the molecule is C=CC(CC)CC(CC[Si](O)(OC)OC)CC(C=C)CC(CC[Si](O)(OC)OC)CC(C=C)CC(CC)CC[Si](O)(OC)OC. The zero-order valence-electron chi connectivity index (χ0n) is 29.8. The second-order valence-corrected chi connectivity index (χ2v) is 20.8. The van der Waals surface area contributed by atoms with Crippen molar-refractivity contribution in [2.24, 2.45) is 35.5 Å². The Morgan fingerprint density at radius 3 is 0.978 bits per heavy atom. The molecule has 0 aliphatic heterocycles. The van der Waals surface area contributed by atoms with E-state index in [0.29, 0.717) is 35.9 Å². The highest BCUT2D eigenvalue weighted by atomic mass is 28.4. The van der Waals surface area contributed by atoms with E-state index in [0.717, 1.165) is 64.2 Å². The van der Waals surface area contributed by atoms with Crippen LogP contribution in [0.1, 0.15) is 78.1 Å². The van der Waals surface area contributed by atoms with Gasteiger partial charge in [-0.25, -0.2) is 0 Å². The highest BCUT2D eigenvalue weighted by Crippen LogP contribution is 2.37. The monoisotopic (exact) mass is 692 g/mol. The largest absolute Gasteiger partial charge is 0.497 e. The lowest BCUT2D eigenvalue weighted by molar-refractivity contribution is 0.145. The van der Waals surface area contributed by atoms with Crippen LogP contribution in [0.4, 0.5) is 0 Å². The van der Waals surface area contributed by atoms with Crippen LogP contribution in [0.5, 0.6) is 0 Å². The molecule has 6 unspecified atom stereocenters. The second-order valence-electron chi connectivity index (χ2n) is 12.6. The number of hydrogen-bond donors (Lipinski definition) is 3. The highest BCUT2D eigenvalue weighted by Gasteiger charge is 2.38. The topological polar surface area (TPSA) is 116 Å². The molecule has 0 saturated carbocycles. The van der Waals surface area contributed by atoms with Gasteiger partial charge in [0.1, 0.15) is 0 Å². The number of hydrogen-bond acceptors (Lipinski definition) is 9. The van der Waals surface area contributed by atoms with Crippen LogP contribution in [0.2, 0.25) is 18.1 Å². The van der Waals surface area contributed by atoms with Gasteiger partial charge in [0, 0.05) is 60.8 Å². The summed E-state index contributed by atoms with van der Waals surface area (Å²) in [5.74, 6) is 1.95. The van der Waals surface area contributed by atoms with Gasteiger partial charge in [-0.3, -0.25) is 0 Å². The van der Waals surface area contributed by atoms with Gasteiger partial charge >= 0.3 is 26.4 Å². The van der Waals surface area contributed by atoms with E-state index in [4.69, 9.17) is 26.6 Å². The predicted octanol–water partition coefficient (Wildman–Crippen LogP) is 6.85. The Balaban J connectivity index is 5.95. The van der Waals surface area contributed by atoms with Crippen molar-refractivity contribution in [1.82, 2.24) is 0 Å². The van der Waals surface area contributed by atoms with Crippen LogP contribution >= 0.6 is 0 Å². The second kappa shape index (κ2) is 23.8. The third-order valence-corrected chi connectivity index (χ3v) is 16.4. The van der Waals surface area contributed by atoms with Gasteiger partial charge in [0.05, 0.1) is 0 Å². The van der Waals surface area contributed by atoms with Crippen LogP contribution < -0.4 is 0 Å². The maximum atomic E-state index is 10.9. The average Bonchev–Trinajstić information content (AvgIpc) is 3.08.